The van der Waals surface area contributed by atoms with Gasteiger partial charge in [0.2, 0.25) is 0 Å². The summed E-state index contributed by atoms with van der Waals surface area (Å²) in [5, 5.41) is 0.631. The largest absolute Gasteiger partial charge is 0.246 e. The maximum atomic E-state index is 13.5. The molecule has 0 spiro atoms. The summed E-state index contributed by atoms with van der Waals surface area (Å²) in [5.41, 5.74) is 0. The second-order valence-electron chi connectivity index (χ2n) is 4.36. The molecule has 1 nitrogen and oxygen atoms in total. The molecule has 92 valence electrons. The first-order valence-corrected chi connectivity index (χ1v) is 6.16. The number of hydrogen-bond donors (Lipinski definition) is 0. The fourth-order valence-corrected chi connectivity index (χ4v) is 1.63. The van der Waals surface area contributed by atoms with Gasteiger partial charge in [0.15, 0.2) is 0 Å². The van der Waals surface area contributed by atoms with Gasteiger partial charge in [-0.15, -0.1) is 9.60 Å². The van der Waals surface area contributed by atoms with Gasteiger partial charge in [-0.25, -0.2) is 4.39 Å². The van der Waals surface area contributed by atoms with Crippen molar-refractivity contribution in [3.05, 3.63) is 0 Å². The Hall–Kier alpha value is -0.180. The lowest BCUT2D eigenvalue weighted by molar-refractivity contribution is -0.0103. The van der Waals surface area contributed by atoms with Gasteiger partial charge in [0.05, 0.1) is 6.54 Å². The molecule has 0 heterocycles. The quantitative estimate of drug-likeness (QED) is 0.418. The maximum Gasteiger partial charge on any atom is 0.118 e. The maximum absolute atomic E-state index is 13.5. The molecule has 2 atom stereocenters. The number of unbranched alkanes of at least 4 members (excludes halogenated alkanes) is 2. The summed E-state index contributed by atoms with van der Waals surface area (Å²) in [7, 11) is 0. The van der Waals surface area contributed by atoms with Crippen molar-refractivity contribution in [2.45, 2.75) is 59.0 Å². The van der Waals surface area contributed by atoms with Gasteiger partial charge in [0.1, 0.15) is 6.17 Å². The zero-order chi connectivity index (χ0) is 11.7. The van der Waals surface area contributed by atoms with Crippen LogP contribution in [-0.4, -0.2) is 24.4 Å². The zero-order valence-corrected chi connectivity index (χ0v) is 10.3. The standard InChI is InChI=1S/C12H25F2N/c1-4-6-7-9-15(14)10-12(13)11(3)8-5-2/h11-12H,4-10H2,1-3H3. The molecule has 0 saturated heterocycles. The summed E-state index contributed by atoms with van der Waals surface area (Å²) in [5.74, 6) is -0.0283. The van der Waals surface area contributed by atoms with Crippen molar-refractivity contribution >= 4 is 0 Å². The fourth-order valence-electron chi connectivity index (χ4n) is 1.63. The van der Waals surface area contributed by atoms with Crippen molar-refractivity contribution in [3.8, 4) is 0 Å². The molecule has 0 fully saturated rings. The van der Waals surface area contributed by atoms with Crippen LogP contribution >= 0.6 is 0 Å². The molecule has 0 aromatic heterocycles. The lowest BCUT2D eigenvalue weighted by atomic mass is 10.0. The van der Waals surface area contributed by atoms with Crippen LogP contribution in [0.2, 0.25) is 0 Å². The highest BCUT2D eigenvalue weighted by Crippen LogP contribution is 2.15. The van der Waals surface area contributed by atoms with Gasteiger partial charge in [0, 0.05) is 6.54 Å². The number of nitrogens with zero attached hydrogens (tertiary/aromatic N) is 1. The Morgan fingerprint density at radius 2 is 1.80 bits per heavy atom. The molecule has 0 aromatic carbocycles. The van der Waals surface area contributed by atoms with Crippen molar-refractivity contribution in [3.63, 3.8) is 0 Å². The molecule has 0 aliphatic carbocycles. The van der Waals surface area contributed by atoms with E-state index in [4.69, 9.17) is 0 Å². The highest BCUT2D eigenvalue weighted by Gasteiger charge is 2.18. The molecule has 0 amide bonds. The lowest BCUT2D eigenvalue weighted by Crippen LogP contribution is -2.28. The highest BCUT2D eigenvalue weighted by atomic mass is 19.2. The average molecular weight is 221 g/mol. The van der Waals surface area contributed by atoms with E-state index in [2.05, 4.69) is 6.92 Å². The van der Waals surface area contributed by atoms with E-state index < -0.39 is 6.17 Å². The van der Waals surface area contributed by atoms with E-state index in [1.165, 1.54) is 0 Å². The van der Waals surface area contributed by atoms with E-state index >= 15 is 0 Å². The first-order valence-electron chi connectivity index (χ1n) is 6.16. The van der Waals surface area contributed by atoms with Gasteiger partial charge in [-0.05, 0) is 18.8 Å². The number of alkyl halides is 1. The van der Waals surface area contributed by atoms with Crippen LogP contribution in [0.25, 0.3) is 0 Å². The molecule has 0 bridgehead atoms. The molecule has 0 saturated carbocycles. The number of rotatable bonds is 9. The first-order chi connectivity index (χ1) is 7.11. The molecule has 2 unspecified atom stereocenters. The monoisotopic (exact) mass is 221 g/mol. The highest BCUT2D eigenvalue weighted by molar-refractivity contribution is 4.66. The Morgan fingerprint density at radius 3 is 2.33 bits per heavy atom. The van der Waals surface area contributed by atoms with Gasteiger partial charge < -0.3 is 0 Å². The third-order valence-electron chi connectivity index (χ3n) is 2.74. The molecule has 0 aromatic rings. The van der Waals surface area contributed by atoms with E-state index in [-0.39, 0.29) is 12.5 Å². The van der Waals surface area contributed by atoms with Gasteiger partial charge in [-0.2, -0.15) is 0 Å². The summed E-state index contributed by atoms with van der Waals surface area (Å²) in [4.78, 5) is 0. The van der Waals surface area contributed by atoms with Gasteiger partial charge in [-0.1, -0.05) is 40.0 Å². The Bertz CT molecular complexity index is 142. The van der Waals surface area contributed by atoms with Gasteiger partial charge >= 0.3 is 0 Å². The minimum absolute atomic E-state index is 0.0283. The molecule has 3 heteroatoms. The molecular weight excluding hydrogens is 196 g/mol. The number of hydrogen-bond acceptors (Lipinski definition) is 1. The van der Waals surface area contributed by atoms with Crippen LogP contribution < -0.4 is 0 Å². The second-order valence-corrected chi connectivity index (χ2v) is 4.36. The molecule has 15 heavy (non-hydrogen) atoms. The predicted octanol–water partition coefficient (Wildman–Crippen LogP) is 4.14. The number of halogens is 2. The molecule has 0 N–H and O–H groups in total. The molecule has 0 aliphatic rings. The van der Waals surface area contributed by atoms with Gasteiger partial charge in [0.25, 0.3) is 0 Å². The van der Waals surface area contributed by atoms with Crippen molar-refractivity contribution in [1.29, 1.82) is 0 Å². The third-order valence-corrected chi connectivity index (χ3v) is 2.74. The van der Waals surface area contributed by atoms with Crippen LogP contribution in [0.15, 0.2) is 0 Å². The van der Waals surface area contributed by atoms with E-state index in [1.807, 2.05) is 13.8 Å². The van der Waals surface area contributed by atoms with Crippen molar-refractivity contribution in [2.75, 3.05) is 13.1 Å². The molecular formula is C12H25F2N. The van der Waals surface area contributed by atoms with E-state index in [0.29, 0.717) is 11.7 Å². The average Bonchev–Trinajstić information content (AvgIpc) is 2.18. The first kappa shape index (κ1) is 14.8. The van der Waals surface area contributed by atoms with E-state index in [9.17, 15) is 8.87 Å². The zero-order valence-electron chi connectivity index (χ0n) is 10.3. The summed E-state index contributed by atoms with van der Waals surface area (Å²) < 4.78 is 26.6. The Labute approximate surface area is 92.8 Å². The normalized spacial score (nSPS) is 15.6. The molecule has 0 rings (SSSR count). The third kappa shape index (κ3) is 7.71. The topological polar surface area (TPSA) is 3.24 Å². The van der Waals surface area contributed by atoms with E-state index in [0.717, 1.165) is 32.1 Å². The van der Waals surface area contributed by atoms with Gasteiger partial charge in [-0.3, -0.25) is 0 Å². The van der Waals surface area contributed by atoms with Crippen molar-refractivity contribution in [1.82, 2.24) is 5.12 Å². The minimum Gasteiger partial charge on any atom is -0.246 e. The Balaban J connectivity index is 3.60. The second kappa shape index (κ2) is 9.08. The SMILES string of the molecule is CCCCCN(F)CC(F)C(C)CCC. The van der Waals surface area contributed by atoms with Crippen LogP contribution in [-0.2, 0) is 0 Å². The minimum atomic E-state index is -1.03. The van der Waals surface area contributed by atoms with E-state index in [1.54, 1.807) is 0 Å². The Kier molecular flexibility index (Phi) is 8.97. The fraction of sp³-hybridized carbons (Fsp3) is 1.00. The summed E-state index contributed by atoms with van der Waals surface area (Å²) >= 11 is 0. The molecule has 0 aliphatic heterocycles. The lowest BCUT2D eigenvalue weighted by Gasteiger charge is -2.19. The van der Waals surface area contributed by atoms with Crippen LogP contribution in [0.5, 0.6) is 0 Å². The van der Waals surface area contributed by atoms with Crippen LogP contribution in [0.4, 0.5) is 8.87 Å². The van der Waals surface area contributed by atoms with Crippen molar-refractivity contribution in [2.24, 2.45) is 5.92 Å². The Morgan fingerprint density at radius 1 is 1.13 bits per heavy atom. The predicted molar refractivity (Wildman–Crippen MR) is 61.2 cm³/mol. The smallest absolute Gasteiger partial charge is 0.118 e. The van der Waals surface area contributed by atoms with Crippen LogP contribution in [0.3, 0.4) is 0 Å². The van der Waals surface area contributed by atoms with Crippen LogP contribution in [0.1, 0.15) is 52.9 Å². The molecule has 0 radical (unpaired) electrons. The summed E-state index contributed by atoms with van der Waals surface area (Å²) in [6.45, 7) is 6.26. The van der Waals surface area contributed by atoms with Crippen molar-refractivity contribution < 1.29 is 8.87 Å². The van der Waals surface area contributed by atoms with Crippen LogP contribution in [0, 0.1) is 5.92 Å². The summed E-state index contributed by atoms with van der Waals surface area (Å²) in [6.07, 6.45) is 3.67. The summed E-state index contributed by atoms with van der Waals surface area (Å²) in [6, 6.07) is 0.